The molecule has 0 atom stereocenters. The summed E-state index contributed by atoms with van der Waals surface area (Å²) in [7, 11) is 2.05. The molecule has 0 saturated heterocycles. The predicted octanol–water partition coefficient (Wildman–Crippen LogP) is 11.6. The van der Waals surface area contributed by atoms with E-state index < -0.39 is 0 Å². The van der Waals surface area contributed by atoms with Gasteiger partial charge in [-0.05, 0) is 77.9 Å². The van der Waals surface area contributed by atoms with E-state index in [0.29, 0.717) is 0 Å². The molecule has 0 unspecified atom stereocenters. The van der Waals surface area contributed by atoms with Crippen LogP contribution in [0.15, 0.2) is 158 Å². The molecule has 6 nitrogen and oxygen atoms in total. The van der Waals surface area contributed by atoms with Gasteiger partial charge in [-0.1, -0.05) is 92.7 Å². The van der Waals surface area contributed by atoms with Gasteiger partial charge in [-0.2, -0.15) is 0 Å². The van der Waals surface area contributed by atoms with Gasteiger partial charge in [0.15, 0.2) is 0 Å². The van der Waals surface area contributed by atoms with Crippen LogP contribution in [0.25, 0.3) is 50.0 Å². The van der Waals surface area contributed by atoms with Crippen molar-refractivity contribution in [3.05, 3.63) is 169 Å². The average Bonchev–Trinajstić information content (AvgIpc) is 3.70. The number of ether oxygens (including phenoxy) is 1. The highest BCUT2D eigenvalue weighted by Gasteiger charge is 2.39. The lowest BCUT2D eigenvalue weighted by molar-refractivity contribution is 0.482. The molecule has 0 N–H and O–H groups in total. The van der Waals surface area contributed by atoms with Crippen molar-refractivity contribution in [2.24, 2.45) is 7.05 Å². The van der Waals surface area contributed by atoms with E-state index in [4.69, 9.17) is 14.7 Å². The van der Waals surface area contributed by atoms with Crippen molar-refractivity contribution in [2.75, 3.05) is 4.90 Å². The number of imidazole rings is 1. The van der Waals surface area contributed by atoms with Crippen molar-refractivity contribution in [3.63, 3.8) is 0 Å². The topological polar surface area (TPSA) is 48.1 Å². The minimum atomic E-state index is -0.241. The molecule has 0 radical (unpaired) electrons. The lowest BCUT2D eigenvalue weighted by Crippen LogP contribution is -2.31. The number of aryl methyl sites for hydroxylation is 1. The molecule has 6 heteroatoms. The summed E-state index contributed by atoms with van der Waals surface area (Å²) >= 11 is 0. The molecule has 1 aliphatic rings. The Labute approximate surface area is 301 Å². The Balaban J connectivity index is 1.16. The number of hydrogen-bond donors (Lipinski definition) is 0. The Hall–Kier alpha value is -6.66. The summed E-state index contributed by atoms with van der Waals surface area (Å²) < 4.78 is 11.1. The zero-order chi connectivity index (χ0) is 35.0. The van der Waals surface area contributed by atoms with Gasteiger partial charge in [0.25, 0.3) is 0 Å². The predicted molar refractivity (Wildman–Crippen MR) is 212 cm³/mol. The first-order valence-electron chi connectivity index (χ1n) is 17.6. The van der Waals surface area contributed by atoms with Crippen LogP contribution in [0, 0.1) is 0 Å². The minimum Gasteiger partial charge on any atom is -0.457 e. The molecule has 1 aliphatic heterocycles. The highest BCUT2D eigenvalue weighted by Crippen LogP contribution is 2.55. The first kappa shape index (κ1) is 30.2. The van der Waals surface area contributed by atoms with Gasteiger partial charge < -0.3 is 14.2 Å². The zero-order valence-electron chi connectivity index (χ0n) is 29.2. The third-order valence-electron chi connectivity index (χ3n) is 10.6. The third kappa shape index (κ3) is 4.50. The first-order valence-corrected chi connectivity index (χ1v) is 17.6. The van der Waals surface area contributed by atoms with Gasteiger partial charge in [0, 0.05) is 46.7 Å². The molecular formula is C46H35N5O. The summed E-state index contributed by atoms with van der Waals surface area (Å²) in [6.45, 7) is 4.67. The van der Waals surface area contributed by atoms with Crippen molar-refractivity contribution in [3.8, 4) is 28.6 Å². The van der Waals surface area contributed by atoms with Gasteiger partial charge in [-0.15, -0.1) is 0 Å². The van der Waals surface area contributed by atoms with Gasteiger partial charge in [0.2, 0.25) is 0 Å². The molecule has 3 aromatic heterocycles. The number of hydrogen-bond acceptors (Lipinski definition) is 4. The third-order valence-corrected chi connectivity index (χ3v) is 10.6. The average molecular weight is 674 g/mol. The second kappa shape index (κ2) is 11.4. The van der Waals surface area contributed by atoms with Crippen LogP contribution in [0.2, 0.25) is 0 Å². The van der Waals surface area contributed by atoms with Crippen LogP contribution in [-0.2, 0) is 12.5 Å². The van der Waals surface area contributed by atoms with E-state index in [1.54, 1.807) is 0 Å². The first-order chi connectivity index (χ1) is 25.5. The Kier molecular flexibility index (Phi) is 6.64. The fourth-order valence-electron chi connectivity index (χ4n) is 8.13. The molecule has 10 rings (SSSR count). The van der Waals surface area contributed by atoms with Crippen LogP contribution in [0.3, 0.4) is 0 Å². The van der Waals surface area contributed by atoms with Crippen LogP contribution in [-0.4, -0.2) is 19.1 Å². The van der Waals surface area contributed by atoms with Gasteiger partial charge in [-0.3, -0.25) is 4.57 Å². The number of rotatable bonds is 5. The van der Waals surface area contributed by atoms with Crippen molar-refractivity contribution in [1.29, 1.82) is 0 Å². The Morgan fingerprint density at radius 3 is 2.23 bits per heavy atom. The maximum Gasteiger partial charge on any atom is 0.145 e. The van der Waals surface area contributed by atoms with Crippen LogP contribution in [0.5, 0.6) is 11.5 Å². The minimum absolute atomic E-state index is 0.241. The molecule has 0 amide bonds. The highest BCUT2D eigenvalue weighted by molar-refractivity contribution is 6.15. The van der Waals surface area contributed by atoms with Crippen LogP contribution in [0.4, 0.5) is 17.1 Å². The molecule has 0 aliphatic carbocycles. The van der Waals surface area contributed by atoms with E-state index in [1.165, 1.54) is 16.8 Å². The summed E-state index contributed by atoms with van der Waals surface area (Å²) in [6.07, 6.45) is 1.88. The number of anilines is 3. The van der Waals surface area contributed by atoms with Crippen LogP contribution >= 0.6 is 0 Å². The fraction of sp³-hybridized carbons (Fsp3) is 0.0870. The SMILES string of the molecule is Cn1c(-c2cccc(Oc3cccc(-n4c5ncccc5c5ccc6c(c54)N(c4ccccc4)c4ccccc4C6(C)C)c3)c2)nc2ccccc21. The summed E-state index contributed by atoms with van der Waals surface area (Å²) in [5, 5.41) is 2.26. The monoisotopic (exact) mass is 673 g/mol. The highest BCUT2D eigenvalue weighted by atomic mass is 16.5. The van der Waals surface area contributed by atoms with Crippen molar-refractivity contribution in [1.82, 2.24) is 19.1 Å². The smallest absolute Gasteiger partial charge is 0.145 e. The summed E-state index contributed by atoms with van der Waals surface area (Å²) in [4.78, 5) is 12.3. The van der Waals surface area contributed by atoms with Gasteiger partial charge in [0.05, 0.1) is 33.6 Å². The molecule has 0 fully saturated rings. The quantitative estimate of drug-likeness (QED) is 0.182. The van der Waals surface area contributed by atoms with Gasteiger partial charge >= 0.3 is 0 Å². The molecule has 52 heavy (non-hydrogen) atoms. The fourth-order valence-corrected chi connectivity index (χ4v) is 8.13. The summed E-state index contributed by atoms with van der Waals surface area (Å²) in [5.41, 5.74) is 11.8. The second-order valence-electron chi connectivity index (χ2n) is 14.0. The normalized spacial score (nSPS) is 13.4. The molecule has 6 aromatic carbocycles. The maximum absolute atomic E-state index is 6.62. The van der Waals surface area contributed by atoms with E-state index in [-0.39, 0.29) is 5.41 Å². The molecule has 9 aromatic rings. The number of fused-ring (bicyclic) bond motifs is 7. The molecule has 4 heterocycles. The Morgan fingerprint density at radius 2 is 1.37 bits per heavy atom. The zero-order valence-corrected chi connectivity index (χ0v) is 29.2. The van der Waals surface area contributed by atoms with Crippen LogP contribution < -0.4 is 9.64 Å². The van der Waals surface area contributed by atoms with Crippen molar-refractivity contribution in [2.45, 2.75) is 19.3 Å². The summed E-state index contributed by atoms with van der Waals surface area (Å²) in [5.74, 6) is 2.38. The summed E-state index contributed by atoms with van der Waals surface area (Å²) in [6, 6.07) is 53.0. The number of nitrogens with zero attached hydrogens (tertiary/aromatic N) is 5. The largest absolute Gasteiger partial charge is 0.457 e. The lowest BCUT2D eigenvalue weighted by Gasteiger charge is -2.42. The molecular weight excluding hydrogens is 639 g/mol. The number of aromatic nitrogens is 4. The van der Waals surface area contributed by atoms with Gasteiger partial charge in [0.1, 0.15) is 23.0 Å². The second-order valence-corrected chi connectivity index (χ2v) is 14.0. The Morgan fingerprint density at radius 1 is 0.615 bits per heavy atom. The van der Waals surface area contributed by atoms with E-state index in [2.05, 4.69) is 144 Å². The van der Waals surface area contributed by atoms with Crippen molar-refractivity contribution >= 4 is 50.0 Å². The van der Waals surface area contributed by atoms with E-state index in [9.17, 15) is 0 Å². The standard InChI is InChI=1S/C46H35N5O/c1-46(2)37-21-7-9-23-40(37)50(31-15-5-4-6-16-31)43-38(46)26-25-35-36-20-13-27-47-45(36)51(42(35)43)32-17-12-19-34(29-32)52-33-18-11-14-30(28-33)44-48-39-22-8-10-24-41(39)49(44)3/h4-29H,1-3H3. The number of pyridine rings is 1. The Bertz CT molecular complexity index is 2830. The number of benzene rings is 6. The lowest BCUT2D eigenvalue weighted by atomic mass is 9.73. The maximum atomic E-state index is 6.62. The van der Waals surface area contributed by atoms with Crippen molar-refractivity contribution < 1.29 is 4.74 Å². The van der Waals surface area contributed by atoms with Crippen LogP contribution in [0.1, 0.15) is 25.0 Å². The molecule has 0 bridgehead atoms. The van der Waals surface area contributed by atoms with E-state index in [1.807, 2.05) is 48.7 Å². The van der Waals surface area contributed by atoms with E-state index >= 15 is 0 Å². The molecule has 250 valence electrons. The van der Waals surface area contributed by atoms with E-state index in [0.717, 1.165) is 72.9 Å². The molecule has 0 spiro atoms. The van der Waals surface area contributed by atoms with Gasteiger partial charge in [-0.25, -0.2) is 9.97 Å². The number of para-hydroxylation sites is 4. The molecule has 0 saturated carbocycles.